The van der Waals surface area contributed by atoms with Gasteiger partial charge < -0.3 is 14.2 Å². The van der Waals surface area contributed by atoms with Crippen LogP contribution in [0.1, 0.15) is 26.7 Å². The lowest BCUT2D eigenvalue weighted by molar-refractivity contribution is -0.125. The van der Waals surface area contributed by atoms with Gasteiger partial charge in [0.1, 0.15) is 6.61 Å². The number of hydrogen-bond acceptors (Lipinski definition) is 4. The molecule has 0 aromatic heterocycles. The average Bonchev–Trinajstić information content (AvgIpc) is 2.22. The maximum absolute atomic E-state index is 11.3. The molecule has 0 amide bonds. The van der Waals surface area contributed by atoms with Gasteiger partial charge in [-0.3, -0.25) is 4.79 Å². The molecule has 0 N–H and O–H groups in total. The Bertz CT molecular complexity index is 177. The lowest BCUT2D eigenvalue weighted by Crippen LogP contribution is -2.24. The molecule has 0 rings (SSSR count). The molecule has 0 bridgehead atoms. The third kappa shape index (κ3) is 8.54. The minimum atomic E-state index is -0.234. The van der Waals surface area contributed by atoms with Crippen molar-refractivity contribution < 1.29 is 19.0 Å². The second-order valence-electron chi connectivity index (χ2n) is 4.05. The van der Waals surface area contributed by atoms with E-state index in [1.165, 1.54) is 0 Å². The van der Waals surface area contributed by atoms with Gasteiger partial charge in [0.25, 0.3) is 0 Å². The zero-order valence-corrected chi connectivity index (χ0v) is 10.2. The largest absolute Gasteiger partial charge is 0.382 e. The van der Waals surface area contributed by atoms with Gasteiger partial charge in [-0.1, -0.05) is 0 Å². The highest BCUT2D eigenvalue weighted by Crippen LogP contribution is 2.15. The predicted molar refractivity (Wildman–Crippen MR) is 58.0 cm³/mol. The predicted octanol–water partition coefficient (Wildman–Crippen LogP) is 1.42. The van der Waals surface area contributed by atoms with Gasteiger partial charge in [-0.05, 0) is 20.3 Å². The van der Waals surface area contributed by atoms with Crippen LogP contribution in [0.4, 0.5) is 0 Å². The van der Waals surface area contributed by atoms with Crippen molar-refractivity contribution in [1.29, 1.82) is 0 Å². The van der Waals surface area contributed by atoms with Crippen molar-refractivity contribution in [3.63, 3.8) is 0 Å². The Morgan fingerprint density at radius 3 is 2.40 bits per heavy atom. The third-order valence-corrected chi connectivity index (χ3v) is 2.25. The molecule has 0 aliphatic carbocycles. The average molecular weight is 218 g/mol. The zero-order chi connectivity index (χ0) is 11.7. The van der Waals surface area contributed by atoms with Crippen LogP contribution in [-0.4, -0.2) is 45.4 Å². The molecular formula is C11H22O4. The lowest BCUT2D eigenvalue weighted by atomic mass is 10.0. The van der Waals surface area contributed by atoms with Crippen LogP contribution < -0.4 is 0 Å². The molecule has 0 unspecified atom stereocenters. The smallest absolute Gasteiger partial charge is 0.158 e. The molecule has 4 nitrogen and oxygen atoms in total. The van der Waals surface area contributed by atoms with E-state index < -0.39 is 0 Å². The number of hydrogen-bond donors (Lipinski definition) is 0. The second kappa shape index (κ2) is 7.79. The van der Waals surface area contributed by atoms with Gasteiger partial charge in [0.2, 0.25) is 0 Å². The molecule has 0 saturated carbocycles. The number of methoxy groups -OCH3 is 2. The van der Waals surface area contributed by atoms with Gasteiger partial charge in [0, 0.05) is 20.6 Å². The lowest BCUT2D eigenvalue weighted by Gasteiger charge is -2.22. The molecule has 0 heterocycles. The van der Waals surface area contributed by atoms with Crippen molar-refractivity contribution in [3.05, 3.63) is 0 Å². The van der Waals surface area contributed by atoms with Crippen LogP contribution in [0.5, 0.6) is 0 Å². The minimum absolute atomic E-state index is 0.108. The number of ether oxygens (including phenoxy) is 3. The summed E-state index contributed by atoms with van der Waals surface area (Å²) in [7, 11) is 3.26. The Morgan fingerprint density at radius 2 is 1.87 bits per heavy atom. The van der Waals surface area contributed by atoms with E-state index in [1.807, 2.05) is 13.8 Å². The van der Waals surface area contributed by atoms with E-state index in [2.05, 4.69) is 0 Å². The molecule has 0 aliphatic rings. The molecule has 0 fully saturated rings. The molecule has 0 aliphatic heterocycles. The quantitative estimate of drug-likeness (QED) is 0.549. The van der Waals surface area contributed by atoms with E-state index in [4.69, 9.17) is 14.2 Å². The molecule has 15 heavy (non-hydrogen) atoms. The highest BCUT2D eigenvalue weighted by atomic mass is 16.5. The van der Waals surface area contributed by atoms with Gasteiger partial charge in [-0.15, -0.1) is 0 Å². The summed E-state index contributed by atoms with van der Waals surface area (Å²) in [6, 6.07) is 0. The summed E-state index contributed by atoms with van der Waals surface area (Å²) in [6.07, 6.45) is 1.21. The molecule has 0 atom stereocenters. The van der Waals surface area contributed by atoms with Crippen molar-refractivity contribution in [2.75, 3.05) is 34.0 Å². The Morgan fingerprint density at radius 1 is 1.20 bits per heavy atom. The number of carbonyl (C=O) groups excluding carboxylic acids is 1. The Kier molecular flexibility index (Phi) is 7.56. The first kappa shape index (κ1) is 14.6. The zero-order valence-electron chi connectivity index (χ0n) is 10.2. The molecule has 0 aromatic rings. The van der Waals surface area contributed by atoms with Crippen molar-refractivity contribution in [1.82, 2.24) is 0 Å². The summed E-state index contributed by atoms with van der Waals surface area (Å²) < 4.78 is 15.1. The van der Waals surface area contributed by atoms with Gasteiger partial charge in [-0.25, -0.2) is 0 Å². The first-order valence-electron chi connectivity index (χ1n) is 5.15. The first-order chi connectivity index (χ1) is 7.02. The van der Waals surface area contributed by atoms with Gasteiger partial charge in [0.05, 0.1) is 18.8 Å². The normalized spacial score (nSPS) is 11.7. The molecular weight excluding hydrogens is 196 g/mol. The number of ketones is 1. The van der Waals surface area contributed by atoms with E-state index in [9.17, 15) is 4.79 Å². The van der Waals surface area contributed by atoms with E-state index in [-0.39, 0.29) is 18.0 Å². The van der Waals surface area contributed by atoms with Crippen LogP contribution in [0.25, 0.3) is 0 Å². The van der Waals surface area contributed by atoms with Crippen LogP contribution in [0.2, 0.25) is 0 Å². The van der Waals surface area contributed by atoms with E-state index in [1.54, 1.807) is 14.2 Å². The van der Waals surface area contributed by atoms with Crippen molar-refractivity contribution in [3.8, 4) is 0 Å². The molecule has 0 spiro atoms. The molecule has 4 heteroatoms. The maximum atomic E-state index is 11.3. The van der Waals surface area contributed by atoms with Gasteiger partial charge in [-0.2, -0.15) is 0 Å². The summed E-state index contributed by atoms with van der Waals surface area (Å²) in [5.74, 6) is 0.108. The highest BCUT2D eigenvalue weighted by molar-refractivity contribution is 5.79. The van der Waals surface area contributed by atoms with Crippen LogP contribution in [0.3, 0.4) is 0 Å². The third-order valence-electron chi connectivity index (χ3n) is 2.25. The topological polar surface area (TPSA) is 44.8 Å². The summed E-state index contributed by atoms with van der Waals surface area (Å²) in [6.45, 7) is 5.09. The SMILES string of the molecule is COCCOCC(=O)CCC(C)(C)OC. The van der Waals surface area contributed by atoms with Crippen molar-refractivity contribution in [2.45, 2.75) is 32.3 Å². The van der Waals surface area contributed by atoms with Crippen LogP contribution in [-0.2, 0) is 19.0 Å². The van der Waals surface area contributed by atoms with Crippen LogP contribution in [0, 0.1) is 0 Å². The van der Waals surface area contributed by atoms with Crippen LogP contribution >= 0.6 is 0 Å². The molecule has 0 aromatic carbocycles. The fourth-order valence-electron chi connectivity index (χ4n) is 0.943. The van der Waals surface area contributed by atoms with E-state index in [0.29, 0.717) is 19.6 Å². The first-order valence-corrected chi connectivity index (χ1v) is 5.15. The van der Waals surface area contributed by atoms with Crippen molar-refractivity contribution in [2.24, 2.45) is 0 Å². The van der Waals surface area contributed by atoms with E-state index in [0.717, 1.165) is 6.42 Å². The Hall–Kier alpha value is -0.450. The van der Waals surface area contributed by atoms with Crippen LogP contribution in [0.15, 0.2) is 0 Å². The second-order valence-corrected chi connectivity index (χ2v) is 4.05. The summed E-state index contributed by atoms with van der Waals surface area (Å²) in [4.78, 5) is 11.3. The minimum Gasteiger partial charge on any atom is -0.382 e. The fourth-order valence-corrected chi connectivity index (χ4v) is 0.943. The molecule has 0 radical (unpaired) electrons. The fraction of sp³-hybridized carbons (Fsp3) is 0.909. The summed E-state index contributed by atoms with van der Waals surface area (Å²) in [5, 5.41) is 0. The summed E-state index contributed by atoms with van der Waals surface area (Å²) >= 11 is 0. The Labute approximate surface area is 91.9 Å². The van der Waals surface area contributed by atoms with Crippen molar-refractivity contribution >= 4 is 5.78 Å². The molecule has 0 saturated heterocycles. The highest BCUT2D eigenvalue weighted by Gasteiger charge is 2.17. The van der Waals surface area contributed by atoms with E-state index >= 15 is 0 Å². The van der Waals surface area contributed by atoms with Gasteiger partial charge in [0.15, 0.2) is 5.78 Å². The Balaban J connectivity index is 3.49. The van der Waals surface area contributed by atoms with Gasteiger partial charge >= 0.3 is 0 Å². The number of Topliss-reactive ketones (excluding diaryl/α,β-unsaturated/α-hetero) is 1. The molecule has 90 valence electrons. The standard InChI is InChI=1S/C11H22O4/c1-11(2,14-4)6-5-10(12)9-15-8-7-13-3/h5-9H2,1-4H3. The number of carbonyl (C=O) groups is 1. The maximum Gasteiger partial charge on any atom is 0.158 e. The monoisotopic (exact) mass is 218 g/mol. The summed E-state index contributed by atoms with van der Waals surface area (Å²) in [5.41, 5.74) is -0.234. The number of rotatable bonds is 9.